The fourth-order valence-electron chi connectivity index (χ4n) is 2.23. The number of nitrogens with zero attached hydrogens (tertiary/aromatic N) is 1. The number of halogens is 1. The summed E-state index contributed by atoms with van der Waals surface area (Å²) in [4.78, 5) is 2.19. The Hall–Kier alpha value is -1.78. The van der Waals surface area contributed by atoms with E-state index in [0.29, 0.717) is 17.7 Å². The molecule has 0 spiro atoms. The van der Waals surface area contributed by atoms with Gasteiger partial charge in [0.05, 0.1) is 0 Å². The molecule has 0 aliphatic rings. The third kappa shape index (κ3) is 4.34. The first kappa shape index (κ1) is 15.6. The van der Waals surface area contributed by atoms with Crippen LogP contribution in [0, 0.1) is 5.82 Å². The first-order valence-electron chi connectivity index (χ1n) is 6.87. The molecule has 0 unspecified atom stereocenters. The zero-order chi connectivity index (χ0) is 15.2. The molecule has 21 heavy (non-hydrogen) atoms. The smallest absolute Gasteiger partial charge is 0.137 e. The van der Waals surface area contributed by atoms with Crippen LogP contribution in [0.5, 0.6) is 0 Å². The summed E-state index contributed by atoms with van der Waals surface area (Å²) in [6.07, 6.45) is 0.938. The second-order valence-corrected chi connectivity index (χ2v) is 5.56. The number of hydrogen-bond acceptors (Lipinski definition) is 2. The highest BCUT2D eigenvalue weighted by molar-refractivity contribution is 7.80. The molecule has 4 heteroatoms. The second kappa shape index (κ2) is 7.29. The molecule has 0 aromatic heterocycles. The summed E-state index contributed by atoms with van der Waals surface area (Å²) < 4.78 is 14.3. The first-order chi connectivity index (χ1) is 10.1. The molecule has 0 fully saturated rings. The first-order valence-corrected chi connectivity index (χ1v) is 7.28. The third-order valence-electron chi connectivity index (χ3n) is 3.41. The molecule has 110 valence electrons. The molecule has 2 N–H and O–H groups in total. The Labute approximate surface area is 130 Å². The van der Waals surface area contributed by atoms with Crippen LogP contribution in [-0.4, -0.2) is 23.5 Å². The van der Waals surface area contributed by atoms with Crippen LogP contribution in [0.15, 0.2) is 48.5 Å². The van der Waals surface area contributed by atoms with E-state index in [1.54, 1.807) is 18.2 Å². The highest BCUT2D eigenvalue weighted by atomic mass is 32.1. The molecular formula is C17H19FN2S. The lowest BCUT2D eigenvalue weighted by atomic mass is 10.1. The summed E-state index contributed by atoms with van der Waals surface area (Å²) in [5.74, 6) is -0.309. The summed E-state index contributed by atoms with van der Waals surface area (Å²) in [6.45, 7) is 1.40. The van der Waals surface area contributed by atoms with E-state index in [4.69, 9.17) is 18.0 Å². The van der Waals surface area contributed by atoms with Gasteiger partial charge in [-0.1, -0.05) is 54.7 Å². The van der Waals surface area contributed by atoms with Crippen molar-refractivity contribution in [1.29, 1.82) is 0 Å². The third-order valence-corrected chi connectivity index (χ3v) is 3.63. The molecule has 0 atom stereocenters. The highest BCUT2D eigenvalue weighted by Crippen LogP contribution is 2.15. The Morgan fingerprint density at radius 3 is 2.52 bits per heavy atom. The predicted molar refractivity (Wildman–Crippen MR) is 88.8 cm³/mol. The van der Waals surface area contributed by atoms with Gasteiger partial charge in [0.2, 0.25) is 0 Å². The Morgan fingerprint density at radius 1 is 1.14 bits per heavy atom. The largest absolute Gasteiger partial charge is 0.389 e. The molecule has 0 bridgehead atoms. The molecule has 0 aliphatic heterocycles. The van der Waals surface area contributed by atoms with E-state index in [9.17, 15) is 4.39 Å². The zero-order valence-corrected chi connectivity index (χ0v) is 12.9. The van der Waals surface area contributed by atoms with Crippen molar-refractivity contribution in [3.63, 3.8) is 0 Å². The summed E-state index contributed by atoms with van der Waals surface area (Å²) in [5, 5.41) is 0. The van der Waals surface area contributed by atoms with Crippen LogP contribution in [0.2, 0.25) is 0 Å². The van der Waals surface area contributed by atoms with Crippen LogP contribution in [0.25, 0.3) is 0 Å². The van der Waals surface area contributed by atoms with Gasteiger partial charge in [0, 0.05) is 24.2 Å². The van der Waals surface area contributed by atoms with Crippen molar-refractivity contribution < 1.29 is 4.39 Å². The van der Waals surface area contributed by atoms with Crippen LogP contribution in [0.1, 0.15) is 16.7 Å². The minimum atomic E-state index is -0.309. The Morgan fingerprint density at radius 2 is 1.86 bits per heavy atom. The van der Waals surface area contributed by atoms with Crippen molar-refractivity contribution in [3.05, 3.63) is 71.0 Å². The lowest BCUT2D eigenvalue weighted by Gasteiger charge is -2.18. The second-order valence-electron chi connectivity index (χ2n) is 5.12. The molecule has 2 nitrogen and oxygen atoms in total. The topological polar surface area (TPSA) is 29.3 Å². The van der Waals surface area contributed by atoms with E-state index in [1.807, 2.05) is 25.2 Å². The van der Waals surface area contributed by atoms with Gasteiger partial charge >= 0.3 is 0 Å². The minimum absolute atomic E-state index is 0.0984. The molecule has 0 radical (unpaired) electrons. The average Bonchev–Trinajstić information content (AvgIpc) is 2.48. The quantitative estimate of drug-likeness (QED) is 0.831. The molecule has 2 rings (SSSR count). The molecule has 2 aromatic rings. The summed E-state index contributed by atoms with van der Waals surface area (Å²) in [6, 6.07) is 15.4. The summed E-state index contributed by atoms with van der Waals surface area (Å²) in [7, 11) is 1.98. The molecule has 0 amide bonds. The number of benzene rings is 2. The van der Waals surface area contributed by atoms with Crippen LogP contribution in [0.4, 0.5) is 4.39 Å². The van der Waals surface area contributed by atoms with Crippen LogP contribution < -0.4 is 5.73 Å². The van der Waals surface area contributed by atoms with Crippen molar-refractivity contribution in [2.45, 2.75) is 13.0 Å². The van der Waals surface area contributed by atoms with E-state index in [-0.39, 0.29) is 10.8 Å². The van der Waals surface area contributed by atoms with Gasteiger partial charge < -0.3 is 10.6 Å². The maximum atomic E-state index is 14.3. The molecular weight excluding hydrogens is 283 g/mol. The Bertz CT molecular complexity index is 613. The monoisotopic (exact) mass is 302 g/mol. The number of likely N-dealkylation sites (N-methyl/N-ethyl adjacent to an activating group) is 1. The van der Waals surface area contributed by atoms with Crippen LogP contribution in [-0.2, 0) is 13.0 Å². The van der Waals surface area contributed by atoms with Crippen molar-refractivity contribution in [2.75, 3.05) is 13.6 Å². The van der Waals surface area contributed by atoms with Gasteiger partial charge in [-0.2, -0.15) is 0 Å². The normalized spacial score (nSPS) is 10.8. The predicted octanol–water partition coefficient (Wildman–Crippen LogP) is 3.13. The maximum Gasteiger partial charge on any atom is 0.137 e. The standard InChI is InChI=1S/C17H19FN2S/c1-20(11-10-13-6-3-2-4-7-13)12-14-8-5-9-15(16(14)18)17(19)21/h2-9H,10-12H2,1H3,(H2,19,21). The van der Waals surface area contributed by atoms with Crippen molar-refractivity contribution in [1.82, 2.24) is 4.90 Å². The van der Waals surface area contributed by atoms with Crippen molar-refractivity contribution >= 4 is 17.2 Å². The van der Waals surface area contributed by atoms with Gasteiger partial charge in [-0.3, -0.25) is 0 Å². The Balaban J connectivity index is 1.98. The molecule has 2 aromatic carbocycles. The lowest BCUT2D eigenvalue weighted by molar-refractivity contribution is 0.325. The van der Waals surface area contributed by atoms with Crippen LogP contribution in [0.3, 0.4) is 0 Å². The van der Waals surface area contributed by atoms with Gasteiger partial charge in [0.1, 0.15) is 10.8 Å². The van der Waals surface area contributed by atoms with Gasteiger partial charge in [-0.15, -0.1) is 0 Å². The zero-order valence-electron chi connectivity index (χ0n) is 12.1. The van der Waals surface area contributed by atoms with Gasteiger partial charge in [-0.05, 0) is 25.1 Å². The molecule has 0 heterocycles. The number of hydrogen-bond donors (Lipinski definition) is 1. The van der Waals surface area contributed by atoms with Crippen molar-refractivity contribution in [2.24, 2.45) is 5.73 Å². The number of nitrogens with two attached hydrogens (primary N) is 1. The highest BCUT2D eigenvalue weighted by Gasteiger charge is 2.11. The van der Waals surface area contributed by atoms with Gasteiger partial charge in [0.25, 0.3) is 0 Å². The van der Waals surface area contributed by atoms with E-state index in [2.05, 4.69) is 17.0 Å². The van der Waals surface area contributed by atoms with Crippen LogP contribution >= 0.6 is 12.2 Å². The maximum absolute atomic E-state index is 14.3. The van der Waals surface area contributed by atoms with E-state index in [1.165, 1.54) is 5.56 Å². The summed E-state index contributed by atoms with van der Waals surface area (Å²) in [5.41, 5.74) is 7.75. The van der Waals surface area contributed by atoms with E-state index in [0.717, 1.165) is 13.0 Å². The average molecular weight is 302 g/mol. The fourth-order valence-corrected chi connectivity index (χ4v) is 2.38. The molecule has 0 saturated heterocycles. The number of thiocarbonyl (C=S) groups is 1. The molecule has 0 saturated carbocycles. The number of rotatable bonds is 6. The Kier molecular flexibility index (Phi) is 5.42. The lowest BCUT2D eigenvalue weighted by Crippen LogP contribution is -2.22. The van der Waals surface area contributed by atoms with E-state index >= 15 is 0 Å². The van der Waals surface area contributed by atoms with E-state index < -0.39 is 0 Å². The van der Waals surface area contributed by atoms with Gasteiger partial charge in [0.15, 0.2) is 0 Å². The molecule has 0 aliphatic carbocycles. The van der Waals surface area contributed by atoms with Gasteiger partial charge in [-0.25, -0.2) is 4.39 Å². The fraction of sp³-hybridized carbons (Fsp3) is 0.235. The SMILES string of the molecule is CN(CCc1ccccc1)Cc1cccc(C(N)=S)c1F. The van der Waals surface area contributed by atoms with Crippen molar-refractivity contribution in [3.8, 4) is 0 Å². The minimum Gasteiger partial charge on any atom is -0.389 e. The summed E-state index contributed by atoms with van der Waals surface area (Å²) >= 11 is 4.86.